The van der Waals surface area contributed by atoms with Crippen LogP contribution in [-0.4, -0.2) is 41.5 Å². The molecule has 2 aliphatic rings. The van der Waals surface area contributed by atoms with Crippen molar-refractivity contribution < 1.29 is 17.5 Å². The smallest absolute Gasteiger partial charge is 0.212 e. The van der Waals surface area contributed by atoms with Gasteiger partial charge < -0.3 is 9.45 Å². The Balaban J connectivity index is 1.67. The summed E-state index contributed by atoms with van der Waals surface area (Å²) >= 11 is 1.92. The zero-order valence-electron chi connectivity index (χ0n) is 16.1. The number of pyridine rings is 1. The van der Waals surface area contributed by atoms with Gasteiger partial charge >= 0.3 is 0 Å². The van der Waals surface area contributed by atoms with Gasteiger partial charge in [0.15, 0.2) is 6.20 Å². The van der Waals surface area contributed by atoms with Gasteiger partial charge in [0.05, 0.1) is 20.5 Å². The van der Waals surface area contributed by atoms with Crippen molar-refractivity contribution >= 4 is 38.9 Å². The first kappa shape index (κ1) is 19.7. The SMILES string of the molecule is C[n+]1ccc(/C=C2/SC3CCCCC3N2CCCS(=O)(=O)[O-])c2ccccc21. The molecule has 1 saturated heterocycles. The second-order valence-corrected chi connectivity index (χ2v) is 10.5. The number of hydrogen-bond donors (Lipinski definition) is 0. The quantitative estimate of drug-likeness (QED) is 0.551. The molecule has 0 amide bonds. The molecule has 1 saturated carbocycles. The van der Waals surface area contributed by atoms with Gasteiger partial charge in [-0.1, -0.05) is 25.0 Å². The summed E-state index contributed by atoms with van der Waals surface area (Å²) in [4.78, 5) is 2.36. The molecule has 2 unspecified atom stereocenters. The number of para-hydroxylation sites is 1. The van der Waals surface area contributed by atoms with Crippen LogP contribution in [0, 0.1) is 0 Å². The largest absolute Gasteiger partial charge is 0.748 e. The molecule has 0 spiro atoms. The van der Waals surface area contributed by atoms with Gasteiger partial charge in [-0.25, -0.2) is 13.0 Å². The average Bonchev–Trinajstić information content (AvgIpc) is 3.01. The fourth-order valence-corrected chi connectivity index (χ4v) is 6.48. The fourth-order valence-electron chi connectivity index (χ4n) is 4.41. The van der Waals surface area contributed by atoms with E-state index < -0.39 is 10.1 Å². The molecular weight excluding hydrogens is 392 g/mol. The summed E-state index contributed by atoms with van der Waals surface area (Å²) < 4.78 is 35.2. The third kappa shape index (κ3) is 4.21. The van der Waals surface area contributed by atoms with Gasteiger partial charge in [-0.3, -0.25) is 0 Å². The summed E-state index contributed by atoms with van der Waals surface area (Å²) in [6, 6.07) is 11.0. The second-order valence-electron chi connectivity index (χ2n) is 7.70. The number of benzene rings is 1. The molecule has 1 aliphatic carbocycles. The lowest BCUT2D eigenvalue weighted by Gasteiger charge is -2.32. The number of rotatable bonds is 5. The molecule has 2 heterocycles. The standard InChI is InChI=1S/C21H26N2O3S2/c1-22-13-11-16(17-7-2-3-8-18(17)22)15-21-23(12-6-14-28(24,25)26)19-9-4-5-10-20(19)27-21/h2-3,7-8,11,13,15,19-20H,4-6,9-10,12,14H2,1H3. The lowest BCUT2D eigenvalue weighted by Crippen LogP contribution is -2.37. The predicted molar refractivity (Wildman–Crippen MR) is 113 cm³/mol. The van der Waals surface area contributed by atoms with Crippen LogP contribution in [0.4, 0.5) is 0 Å². The summed E-state index contributed by atoms with van der Waals surface area (Å²) in [6.07, 6.45) is 9.53. The Hall–Kier alpha value is -1.57. The zero-order valence-corrected chi connectivity index (χ0v) is 17.7. The van der Waals surface area contributed by atoms with Gasteiger partial charge in [0.2, 0.25) is 5.52 Å². The van der Waals surface area contributed by atoms with Crippen LogP contribution in [0.5, 0.6) is 0 Å². The van der Waals surface area contributed by atoms with Crippen molar-refractivity contribution in [2.75, 3.05) is 12.3 Å². The molecule has 1 aromatic carbocycles. The Kier molecular flexibility index (Phi) is 5.67. The average molecular weight is 419 g/mol. The molecule has 2 aromatic rings. The van der Waals surface area contributed by atoms with E-state index in [2.05, 4.69) is 46.0 Å². The van der Waals surface area contributed by atoms with Crippen molar-refractivity contribution in [1.29, 1.82) is 0 Å². The van der Waals surface area contributed by atoms with E-state index >= 15 is 0 Å². The highest BCUT2D eigenvalue weighted by Gasteiger charge is 2.38. The minimum absolute atomic E-state index is 0.289. The maximum Gasteiger partial charge on any atom is 0.212 e. The van der Waals surface area contributed by atoms with Gasteiger partial charge in [-0.2, -0.15) is 0 Å². The lowest BCUT2D eigenvalue weighted by molar-refractivity contribution is -0.644. The van der Waals surface area contributed by atoms with E-state index in [1.54, 1.807) is 0 Å². The summed E-state index contributed by atoms with van der Waals surface area (Å²) in [5.74, 6) is -0.289. The van der Waals surface area contributed by atoms with Crippen molar-refractivity contribution in [2.45, 2.75) is 43.4 Å². The zero-order chi connectivity index (χ0) is 19.7. The second kappa shape index (κ2) is 8.05. The highest BCUT2D eigenvalue weighted by Crippen LogP contribution is 2.46. The van der Waals surface area contributed by atoms with E-state index in [-0.39, 0.29) is 5.75 Å². The van der Waals surface area contributed by atoms with Gasteiger partial charge in [0.1, 0.15) is 7.05 Å². The number of aryl methyl sites for hydroxylation is 1. The molecule has 0 radical (unpaired) electrons. The van der Waals surface area contributed by atoms with E-state index in [0.717, 1.165) is 6.42 Å². The number of nitrogens with zero attached hydrogens (tertiary/aromatic N) is 2. The van der Waals surface area contributed by atoms with Crippen molar-refractivity contribution in [3.8, 4) is 0 Å². The van der Waals surface area contributed by atoms with Crippen LogP contribution in [-0.2, 0) is 17.2 Å². The molecule has 2 atom stereocenters. The monoisotopic (exact) mass is 418 g/mol. The molecule has 0 N–H and O–H groups in total. The molecule has 1 aliphatic heterocycles. The maximum absolute atomic E-state index is 11.0. The molecule has 7 heteroatoms. The first-order chi connectivity index (χ1) is 13.4. The van der Waals surface area contributed by atoms with Crippen LogP contribution in [0.25, 0.3) is 17.0 Å². The summed E-state index contributed by atoms with van der Waals surface area (Å²) in [7, 11) is -2.11. The first-order valence-corrected chi connectivity index (χ1v) is 12.3. The van der Waals surface area contributed by atoms with Gasteiger partial charge in [0.25, 0.3) is 0 Å². The van der Waals surface area contributed by atoms with E-state index in [1.807, 2.05) is 24.9 Å². The number of hydrogen-bond acceptors (Lipinski definition) is 5. The van der Waals surface area contributed by atoms with E-state index in [4.69, 9.17) is 0 Å². The summed E-state index contributed by atoms with van der Waals surface area (Å²) in [5.41, 5.74) is 2.36. The predicted octanol–water partition coefficient (Wildman–Crippen LogP) is 3.26. The molecule has 2 fully saturated rings. The molecular formula is C21H26N2O3S2. The van der Waals surface area contributed by atoms with Crippen molar-refractivity contribution in [3.63, 3.8) is 0 Å². The minimum Gasteiger partial charge on any atom is -0.748 e. The minimum atomic E-state index is -4.16. The Morgan fingerprint density at radius 1 is 1.25 bits per heavy atom. The molecule has 5 nitrogen and oxygen atoms in total. The normalized spacial score (nSPS) is 24.1. The Labute approximate surface area is 171 Å². The van der Waals surface area contributed by atoms with Crippen molar-refractivity contribution in [3.05, 3.63) is 47.1 Å². The highest BCUT2D eigenvalue weighted by atomic mass is 32.2. The highest BCUT2D eigenvalue weighted by molar-refractivity contribution is 8.04. The molecule has 0 bridgehead atoms. The number of aromatic nitrogens is 1. The number of thioether (sulfide) groups is 1. The molecule has 1 aromatic heterocycles. The first-order valence-electron chi connectivity index (χ1n) is 9.88. The summed E-state index contributed by atoms with van der Waals surface area (Å²) in [5, 5.41) is 2.98. The third-order valence-corrected chi connectivity index (χ3v) is 8.00. The van der Waals surface area contributed by atoms with Crippen molar-refractivity contribution in [1.82, 2.24) is 4.90 Å². The topological polar surface area (TPSA) is 64.3 Å². The maximum atomic E-state index is 11.0. The van der Waals surface area contributed by atoms with Crippen molar-refractivity contribution in [2.24, 2.45) is 7.05 Å². The van der Waals surface area contributed by atoms with Crippen LogP contribution in [0.15, 0.2) is 41.6 Å². The number of fused-ring (bicyclic) bond motifs is 2. The van der Waals surface area contributed by atoms with Crippen LogP contribution in [0.1, 0.15) is 37.7 Å². The fraction of sp³-hybridized carbons (Fsp3) is 0.476. The third-order valence-electron chi connectivity index (χ3n) is 5.77. The van der Waals surface area contributed by atoms with E-state index in [9.17, 15) is 13.0 Å². The van der Waals surface area contributed by atoms with Crippen LogP contribution in [0.2, 0.25) is 0 Å². The van der Waals surface area contributed by atoms with Gasteiger partial charge in [0, 0.05) is 35.7 Å². The van der Waals surface area contributed by atoms with Gasteiger partial charge in [-0.15, -0.1) is 11.8 Å². The lowest BCUT2D eigenvalue weighted by atomic mass is 9.94. The summed E-state index contributed by atoms with van der Waals surface area (Å²) in [6.45, 7) is 0.625. The Bertz CT molecular complexity index is 1000. The van der Waals surface area contributed by atoms with E-state index in [0.29, 0.717) is 24.3 Å². The Morgan fingerprint density at radius 2 is 2.04 bits per heavy atom. The Morgan fingerprint density at radius 3 is 2.86 bits per heavy atom. The molecule has 150 valence electrons. The van der Waals surface area contributed by atoms with Crippen LogP contribution >= 0.6 is 11.8 Å². The van der Waals surface area contributed by atoms with Crippen LogP contribution < -0.4 is 4.57 Å². The molecule has 28 heavy (non-hydrogen) atoms. The van der Waals surface area contributed by atoms with E-state index in [1.165, 1.54) is 40.8 Å². The van der Waals surface area contributed by atoms with Crippen LogP contribution in [0.3, 0.4) is 0 Å². The van der Waals surface area contributed by atoms with Gasteiger partial charge in [-0.05, 0) is 37.0 Å². The molecule has 4 rings (SSSR count).